The zero-order valence-corrected chi connectivity index (χ0v) is 11.5. The smallest absolute Gasteiger partial charge is 0.135 e. The minimum Gasteiger partial charge on any atom is -0.376 e. The SMILES string of the molecule is CC1OCCC1N(C)c1cc(Cl)nc(C2CC2)n1. The normalized spacial score (nSPS) is 27.5. The molecule has 3 rings (SSSR count). The van der Waals surface area contributed by atoms with Crippen molar-refractivity contribution in [1.82, 2.24) is 9.97 Å². The lowest BCUT2D eigenvalue weighted by atomic mass is 10.1. The van der Waals surface area contributed by atoms with Gasteiger partial charge in [0.25, 0.3) is 0 Å². The molecule has 1 saturated carbocycles. The van der Waals surface area contributed by atoms with E-state index < -0.39 is 0 Å². The second-order valence-electron chi connectivity index (χ2n) is 5.22. The highest BCUT2D eigenvalue weighted by atomic mass is 35.5. The Kier molecular flexibility index (Phi) is 3.16. The van der Waals surface area contributed by atoms with E-state index in [1.807, 2.05) is 6.07 Å². The molecule has 0 aromatic carbocycles. The highest BCUT2D eigenvalue weighted by molar-refractivity contribution is 6.29. The molecule has 98 valence electrons. The Morgan fingerprint density at radius 3 is 2.72 bits per heavy atom. The molecule has 5 heteroatoms. The van der Waals surface area contributed by atoms with Crippen molar-refractivity contribution in [2.24, 2.45) is 0 Å². The number of hydrogen-bond donors (Lipinski definition) is 0. The molecule has 2 fully saturated rings. The third-order valence-corrected chi connectivity index (χ3v) is 4.03. The number of anilines is 1. The van der Waals surface area contributed by atoms with Crippen molar-refractivity contribution >= 4 is 17.4 Å². The fourth-order valence-electron chi connectivity index (χ4n) is 2.53. The molecule has 1 aliphatic heterocycles. The zero-order valence-electron chi connectivity index (χ0n) is 10.8. The number of nitrogens with zero attached hydrogens (tertiary/aromatic N) is 3. The second-order valence-corrected chi connectivity index (χ2v) is 5.61. The van der Waals surface area contributed by atoms with Gasteiger partial charge in [0.1, 0.15) is 16.8 Å². The fourth-order valence-corrected chi connectivity index (χ4v) is 2.71. The molecule has 1 aromatic heterocycles. The van der Waals surface area contributed by atoms with Gasteiger partial charge in [-0.25, -0.2) is 9.97 Å². The van der Waals surface area contributed by atoms with Crippen LogP contribution in [0.1, 0.15) is 37.9 Å². The average molecular weight is 268 g/mol. The summed E-state index contributed by atoms with van der Waals surface area (Å²) < 4.78 is 5.61. The number of halogens is 1. The minimum atomic E-state index is 0.244. The van der Waals surface area contributed by atoms with E-state index in [-0.39, 0.29) is 6.10 Å². The predicted molar refractivity (Wildman–Crippen MR) is 71.2 cm³/mol. The van der Waals surface area contributed by atoms with Crippen molar-refractivity contribution in [3.05, 3.63) is 17.0 Å². The third kappa shape index (κ3) is 2.31. The van der Waals surface area contributed by atoms with Crippen LogP contribution in [0.4, 0.5) is 5.82 Å². The van der Waals surface area contributed by atoms with E-state index >= 15 is 0 Å². The first-order chi connectivity index (χ1) is 8.65. The van der Waals surface area contributed by atoms with Crippen molar-refractivity contribution in [3.63, 3.8) is 0 Å². The molecule has 18 heavy (non-hydrogen) atoms. The van der Waals surface area contributed by atoms with E-state index in [0.29, 0.717) is 17.1 Å². The van der Waals surface area contributed by atoms with Crippen molar-refractivity contribution in [2.75, 3.05) is 18.6 Å². The maximum atomic E-state index is 6.10. The molecule has 1 aliphatic carbocycles. The molecular formula is C13H18ClN3O. The summed E-state index contributed by atoms with van der Waals surface area (Å²) in [7, 11) is 2.06. The number of likely N-dealkylation sites (N-methyl/N-ethyl adjacent to an activating group) is 1. The topological polar surface area (TPSA) is 38.2 Å². The third-order valence-electron chi connectivity index (χ3n) is 3.84. The Morgan fingerprint density at radius 1 is 1.33 bits per heavy atom. The second kappa shape index (κ2) is 4.67. The van der Waals surface area contributed by atoms with Crippen LogP contribution in [-0.2, 0) is 4.74 Å². The van der Waals surface area contributed by atoms with Gasteiger partial charge in [0, 0.05) is 25.6 Å². The molecule has 2 atom stereocenters. The quantitative estimate of drug-likeness (QED) is 0.789. The summed E-state index contributed by atoms with van der Waals surface area (Å²) in [6, 6.07) is 2.22. The van der Waals surface area contributed by atoms with Crippen molar-refractivity contribution in [2.45, 2.75) is 44.2 Å². The summed E-state index contributed by atoms with van der Waals surface area (Å²) in [6.45, 7) is 2.93. The Labute approximate surface area is 112 Å². The Balaban J connectivity index is 1.86. The van der Waals surface area contributed by atoms with E-state index in [2.05, 4.69) is 28.8 Å². The zero-order chi connectivity index (χ0) is 12.7. The van der Waals surface area contributed by atoms with Crippen LogP contribution in [0.3, 0.4) is 0 Å². The first kappa shape index (κ1) is 12.2. The molecule has 0 spiro atoms. The molecule has 1 aromatic rings. The summed E-state index contributed by atoms with van der Waals surface area (Å²) in [5.74, 6) is 2.34. The molecular weight excluding hydrogens is 250 g/mol. The molecule has 2 aliphatic rings. The van der Waals surface area contributed by atoms with Crippen LogP contribution < -0.4 is 4.90 Å². The van der Waals surface area contributed by atoms with Crippen LogP contribution in [0.15, 0.2) is 6.07 Å². The van der Waals surface area contributed by atoms with Crippen LogP contribution in [0, 0.1) is 0 Å². The molecule has 0 bridgehead atoms. The molecule has 2 unspecified atom stereocenters. The van der Waals surface area contributed by atoms with E-state index in [1.165, 1.54) is 12.8 Å². The lowest BCUT2D eigenvalue weighted by molar-refractivity contribution is 0.118. The van der Waals surface area contributed by atoms with Crippen LogP contribution in [0.5, 0.6) is 0 Å². The van der Waals surface area contributed by atoms with E-state index in [1.54, 1.807) is 0 Å². The van der Waals surface area contributed by atoms with Gasteiger partial charge in [-0.2, -0.15) is 0 Å². The first-order valence-corrected chi connectivity index (χ1v) is 6.92. The van der Waals surface area contributed by atoms with Crippen LogP contribution in [0.2, 0.25) is 5.15 Å². The number of hydrogen-bond acceptors (Lipinski definition) is 4. The minimum absolute atomic E-state index is 0.244. The predicted octanol–water partition coefficient (Wildman–Crippen LogP) is 2.62. The van der Waals surface area contributed by atoms with Crippen LogP contribution in [0.25, 0.3) is 0 Å². The lowest BCUT2D eigenvalue weighted by Crippen LogP contribution is -2.37. The molecule has 0 N–H and O–H groups in total. The monoisotopic (exact) mass is 267 g/mol. The first-order valence-electron chi connectivity index (χ1n) is 6.54. The summed E-state index contributed by atoms with van der Waals surface area (Å²) >= 11 is 6.10. The maximum Gasteiger partial charge on any atom is 0.135 e. The summed E-state index contributed by atoms with van der Waals surface area (Å²) in [4.78, 5) is 11.1. The van der Waals surface area contributed by atoms with E-state index in [4.69, 9.17) is 16.3 Å². The number of ether oxygens (including phenoxy) is 1. The lowest BCUT2D eigenvalue weighted by Gasteiger charge is -2.28. The number of rotatable bonds is 3. The van der Waals surface area contributed by atoms with Gasteiger partial charge in [0.15, 0.2) is 0 Å². The van der Waals surface area contributed by atoms with Crippen LogP contribution >= 0.6 is 11.6 Å². The summed E-state index contributed by atoms with van der Waals surface area (Å²) in [5.41, 5.74) is 0. The maximum absolute atomic E-state index is 6.10. The number of aromatic nitrogens is 2. The molecule has 4 nitrogen and oxygen atoms in total. The van der Waals surface area contributed by atoms with Crippen LogP contribution in [-0.4, -0.2) is 35.8 Å². The van der Waals surface area contributed by atoms with E-state index in [9.17, 15) is 0 Å². The van der Waals surface area contributed by atoms with Gasteiger partial charge in [-0.1, -0.05) is 11.6 Å². The molecule has 0 radical (unpaired) electrons. The molecule has 1 saturated heterocycles. The van der Waals surface area contributed by atoms with Gasteiger partial charge in [0.2, 0.25) is 0 Å². The van der Waals surface area contributed by atoms with Crippen molar-refractivity contribution in [1.29, 1.82) is 0 Å². The fraction of sp³-hybridized carbons (Fsp3) is 0.692. The van der Waals surface area contributed by atoms with Gasteiger partial charge in [-0.15, -0.1) is 0 Å². The highest BCUT2D eigenvalue weighted by Gasteiger charge is 2.31. The summed E-state index contributed by atoms with van der Waals surface area (Å²) in [5, 5.41) is 0.542. The van der Waals surface area contributed by atoms with E-state index in [0.717, 1.165) is 24.7 Å². The Hall–Kier alpha value is -0.870. The van der Waals surface area contributed by atoms with Gasteiger partial charge in [-0.05, 0) is 26.2 Å². The van der Waals surface area contributed by atoms with Gasteiger partial charge in [0.05, 0.1) is 12.1 Å². The molecule has 2 heterocycles. The summed E-state index contributed by atoms with van der Waals surface area (Å²) in [6.07, 6.45) is 3.66. The highest BCUT2D eigenvalue weighted by Crippen LogP contribution is 2.39. The molecule has 0 amide bonds. The van der Waals surface area contributed by atoms with Gasteiger partial charge < -0.3 is 9.64 Å². The van der Waals surface area contributed by atoms with Gasteiger partial charge >= 0.3 is 0 Å². The standard InChI is InChI=1S/C13H18ClN3O/c1-8-10(5-6-18-8)17(2)12-7-11(14)15-13(16-12)9-3-4-9/h7-10H,3-6H2,1-2H3. The average Bonchev–Trinajstić information content (AvgIpc) is 3.11. The van der Waals surface area contributed by atoms with Crippen molar-refractivity contribution in [3.8, 4) is 0 Å². The Morgan fingerprint density at radius 2 is 2.11 bits per heavy atom. The Bertz CT molecular complexity index is 450. The van der Waals surface area contributed by atoms with Crippen molar-refractivity contribution < 1.29 is 4.74 Å². The van der Waals surface area contributed by atoms with Gasteiger partial charge in [-0.3, -0.25) is 0 Å². The largest absolute Gasteiger partial charge is 0.376 e.